The largest absolute Gasteiger partial charge is 0.252 e. The van der Waals surface area contributed by atoms with Gasteiger partial charge in [0.15, 0.2) is 0 Å². The Morgan fingerprint density at radius 2 is 1.67 bits per heavy atom. The van der Waals surface area contributed by atoms with Crippen LogP contribution in [0.5, 0.6) is 0 Å². The van der Waals surface area contributed by atoms with Crippen LogP contribution in [0.15, 0.2) is 0 Å². The van der Waals surface area contributed by atoms with Gasteiger partial charge in [0, 0.05) is 19.1 Å². The van der Waals surface area contributed by atoms with Crippen LogP contribution in [0.2, 0.25) is 0 Å². The summed E-state index contributed by atoms with van der Waals surface area (Å²) in [6.45, 7) is 2.56. The lowest BCUT2D eigenvalue weighted by molar-refractivity contribution is 0.299. The Labute approximate surface area is 67.8 Å². The molecular weight excluding hydrogens is 159 g/mol. The molecule has 2 rings (SSSR count). The molecule has 0 saturated carbocycles. The molecule has 4 heteroatoms. The third-order valence-corrected chi connectivity index (χ3v) is 1.86. The number of fused-ring (bicyclic) bond motifs is 2. The van der Waals surface area contributed by atoms with Crippen molar-refractivity contribution in [2.24, 2.45) is 0 Å². The molecule has 2 fully saturated rings. The highest BCUT2D eigenvalue weighted by atomic mass is 35.5. The summed E-state index contributed by atoms with van der Waals surface area (Å²) in [4.78, 5) is 0. The van der Waals surface area contributed by atoms with Crippen molar-refractivity contribution in [3.05, 3.63) is 0 Å². The summed E-state index contributed by atoms with van der Waals surface area (Å²) in [5.41, 5.74) is 3.36. The second kappa shape index (κ2) is 3.62. The predicted molar refractivity (Wildman–Crippen MR) is 42.2 cm³/mol. The molecule has 56 valence electrons. The topological polar surface area (TPSA) is 15.3 Å². The minimum atomic E-state index is 0. The third-order valence-electron chi connectivity index (χ3n) is 1.86. The van der Waals surface area contributed by atoms with E-state index in [4.69, 9.17) is 0 Å². The number of hydrogen-bond donors (Lipinski definition) is 1. The van der Waals surface area contributed by atoms with Gasteiger partial charge in [-0.05, 0) is 12.8 Å². The summed E-state index contributed by atoms with van der Waals surface area (Å²) < 4.78 is 0. The Morgan fingerprint density at radius 3 is 1.78 bits per heavy atom. The molecule has 2 aliphatic heterocycles. The van der Waals surface area contributed by atoms with Crippen molar-refractivity contribution in [3.8, 4) is 0 Å². The zero-order chi connectivity index (χ0) is 4.69. The van der Waals surface area contributed by atoms with E-state index in [-0.39, 0.29) is 24.8 Å². The van der Waals surface area contributed by atoms with E-state index in [1.165, 1.54) is 25.9 Å². The molecule has 0 aromatic heterocycles. The van der Waals surface area contributed by atoms with Crippen molar-refractivity contribution in [1.82, 2.24) is 10.4 Å². The second-order valence-electron chi connectivity index (χ2n) is 2.39. The lowest BCUT2D eigenvalue weighted by Gasteiger charge is -2.07. The standard InChI is InChI=1S/C5H10N2.2ClH/c1-3-7-4-2-5(1)6-7;;/h5-6H,1-4H2;2*1H. The van der Waals surface area contributed by atoms with Gasteiger partial charge in [-0.3, -0.25) is 5.43 Å². The Morgan fingerprint density at radius 1 is 1.11 bits per heavy atom. The van der Waals surface area contributed by atoms with Gasteiger partial charge in [0.1, 0.15) is 0 Å². The van der Waals surface area contributed by atoms with Crippen LogP contribution >= 0.6 is 24.8 Å². The van der Waals surface area contributed by atoms with Crippen molar-refractivity contribution in [3.63, 3.8) is 0 Å². The van der Waals surface area contributed by atoms with Crippen molar-refractivity contribution in [2.75, 3.05) is 13.1 Å². The quantitative estimate of drug-likeness (QED) is 0.580. The minimum Gasteiger partial charge on any atom is -0.252 e. The molecule has 2 nitrogen and oxygen atoms in total. The molecule has 2 aliphatic rings. The number of piperidine rings is 1. The van der Waals surface area contributed by atoms with Crippen LogP contribution in [0.4, 0.5) is 0 Å². The fourth-order valence-corrected chi connectivity index (χ4v) is 1.40. The number of rotatable bonds is 0. The van der Waals surface area contributed by atoms with Crippen molar-refractivity contribution < 1.29 is 0 Å². The number of hydrogen-bond acceptors (Lipinski definition) is 2. The molecule has 0 amide bonds. The molecule has 2 bridgehead atoms. The van der Waals surface area contributed by atoms with E-state index in [1.807, 2.05) is 0 Å². The number of nitrogens with zero attached hydrogens (tertiary/aromatic N) is 1. The molecule has 0 aromatic carbocycles. The van der Waals surface area contributed by atoms with Crippen LogP contribution in [0, 0.1) is 0 Å². The Kier molecular flexibility index (Phi) is 3.82. The van der Waals surface area contributed by atoms with E-state index < -0.39 is 0 Å². The van der Waals surface area contributed by atoms with Gasteiger partial charge in [-0.1, -0.05) is 0 Å². The molecule has 9 heavy (non-hydrogen) atoms. The maximum absolute atomic E-state index is 3.36. The van der Waals surface area contributed by atoms with Crippen molar-refractivity contribution in [2.45, 2.75) is 18.9 Å². The molecule has 0 aliphatic carbocycles. The van der Waals surface area contributed by atoms with Gasteiger partial charge in [0.25, 0.3) is 0 Å². The minimum absolute atomic E-state index is 0. The van der Waals surface area contributed by atoms with Crippen LogP contribution in [0.3, 0.4) is 0 Å². The van der Waals surface area contributed by atoms with Gasteiger partial charge in [-0.25, -0.2) is 5.01 Å². The summed E-state index contributed by atoms with van der Waals surface area (Å²) in [7, 11) is 0. The van der Waals surface area contributed by atoms with Crippen LogP contribution < -0.4 is 5.43 Å². The zero-order valence-corrected chi connectivity index (χ0v) is 6.80. The van der Waals surface area contributed by atoms with Gasteiger partial charge in [0.2, 0.25) is 0 Å². The molecule has 0 atom stereocenters. The van der Waals surface area contributed by atoms with E-state index in [0.717, 1.165) is 6.04 Å². The monoisotopic (exact) mass is 170 g/mol. The lowest BCUT2D eigenvalue weighted by Crippen LogP contribution is -2.25. The Bertz CT molecular complexity index is 71.0. The van der Waals surface area contributed by atoms with Crippen LogP contribution in [0.1, 0.15) is 12.8 Å². The maximum atomic E-state index is 3.36. The van der Waals surface area contributed by atoms with Gasteiger partial charge in [-0.15, -0.1) is 24.8 Å². The summed E-state index contributed by atoms with van der Waals surface area (Å²) >= 11 is 0. The van der Waals surface area contributed by atoms with Crippen molar-refractivity contribution in [1.29, 1.82) is 0 Å². The van der Waals surface area contributed by atoms with Crippen molar-refractivity contribution >= 4 is 24.8 Å². The first-order chi connectivity index (χ1) is 3.45. The summed E-state index contributed by atoms with van der Waals surface area (Å²) in [6.07, 6.45) is 2.75. The van der Waals surface area contributed by atoms with E-state index >= 15 is 0 Å². The third kappa shape index (κ3) is 1.71. The first-order valence-electron chi connectivity index (χ1n) is 2.96. The first-order valence-corrected chi connectivity index (χ1v) is 2.96. The molecule has 2 heterocycles. The number of hydrazine groups is 1. The SMILES string of the molecule is C1CN2CCC1N2.Cl.Cl. The van der Waals surface area contributed by atoms with Crippen LogP contribution in [-0.4, -0.2) is 24.1 Å². The van der Waals surface area contributed by atoms with E-state index in [9.17, 15) is 0 Å². The Balaban J connectivity index is 0.000000320. The highest BCUT2D eigenvalue weighted by Crippen LogP contribution is 2.16. The lowest BCUT2D eigenvalue weighted by atomic mass is 10.1. The molecule has 2 saturated heterocycles. The highest BCUT2D eigenvalue weighted by molar-refractivity contribution is 5.85. The summed E-state index contributed by atoms with van der Waals surface area (Å²) in [6, 6.07) is 0.847. The number of nitrogens with one attached hydrogen (secondary N) is 1. The molecule has 0 aromatic rings. The predicted octanol–water partition coefficient (Wildman–Crippen LogP) is 0.813. The van der Waals surface area contributed by atoms with E-state index in [1.54, 1.807) is 0 Å². The molecule has 0 unspecified atom stereocenters. The smallest absolute Gasteiger partial charge is 0.0240 e. The number of halogens is 2. The highest BCUT2D eigenvalue weighted by Gasteiger charge is 2.27. The van der Waals surface area contributed by atoms with Gasteiger partial charge in [0.05, 0.1) is 0 Å². The fraction of sp³-hybridized carbons (Fsp3) is 1.00. The van der Waals surface area contributed by atoms with E-state index in [2.05, 4.69) is 10.4 Å². The second-order valence-corrected chi connectivity index (χ2v) is 2.39. The molecule has 0 spiro atoms. The summed E-state index contributed by atoms with van der Waals surface area (Å²) in [5.74, 6) is 0. The maximum Gasteiger partial charge on any atom is 0.0240 e. The zero-order valence-electron chi connectivity index (χ0n) is 5.17. The molecule has 1 N–H and O–H groups in total. The average Bonchev–Trinajstić information content (AvgIpc) is 2.22. The van der Waals surface area contributed by atoms with Gasteiger partial charge < -0.3 is 0 Å². The average molecular weight is 171 g/mol. The Hall–Kier alpha value is 0.500. The summed E-state index contributed by atoms with van der Waals surface area (Å²) in [5, 5.41) is 2.31. The van der Waals surface area contributed by atoms with Gasteiger partial charge in [-0.2, -0.15) is 0 Å². The fourth-order valence-electron chi connectivity index (χ4n) is 1.40. The molecular formula is C5H12Cl2N2. The van der Waals surface area contributed by atoms with Crippen LogP contribution in [0.25, 0.3) is 0 Å². The van der Waals surface area contributed by atoms with Crippen LogP contribution in [-0.2, 0) is 0 Å². The van der Waals surface area contributed by atoms with Gasteiger partial charge >= 0.3 is 0 Å². The molecule has 0 radical (unpaired) electrons. The first kappa shape index (κ1) is 9.50. The van der Waals surface area contributed by atoms with E-state index in [0.29, 0.717) is 0 Å². The normalized spacial score (nSPS) is 37.3.